The molecular formula is C17H19ClN2O. The first kappa shape index (κ1) is 15.5. The van der Waals surface area contributed by atoms with Crippen LogP contribution in [0.25, 0.3) is 0 Å². The summed E-state index contributed by atoms with van der Waals surface area (Å²) >= 11 is 5.79. The van der Waals surface area contributed by atoms with Gasteiger partial charge in [0, 0.05) is 10.7 Å². The van der Waals surface area contributed by atoms with Gasteiger partial charge in [0.1, 0.15) is 0 Å². The second-order valence-electron chi connectivity index (χ2n) is 4.97. The van der Waals surface area contributed by atoms with Crippen LogP contribution in [-0.4, -0.2) is 19.0 Å². The van der Waals surface area contributed by atoms with Crippen LogP contribution in [0, 0.1) is 6.92 Å². The molecule has 110 valence electrons. The van der Waals surface area contributed by atoms with Crippen molar-refractivity contribution in [1.29, 1.82) is 0 Å². The van der Waals surface area contributed by atoms with E-state index in [1.165, 1.54) is 11.1 Å². The van der Waals surface area contributed by atoms with E-state index in [2.05, 4.69) is 41.8 Å². The largest absolute Gasteiger partial charge is 0.325 e. The Balaban J connectivity index is 1.68. The second kappa shape index (κ2) is 7.81. The first-order valence-corrected chi connectivity index (χ1v) is 7.33. The molecule has 0 saturated heterocycles. The van der Waals surface area contributed by atoms with E-state index in [9.17, 15) is 4.79 Å². The van der Waals surface area contributed by atoms with Crippen molar-refractivity contribution >= 4 is 23.2 Å². The van der Waals surface area contributed by atoms with E-state index in [1.807, 2.05) is 0 Å². The molecule has 2 N–H and O–H groups in total. The molecule has 0 spiro atoms. The van der Waals surface area contributed by atoms with Crippen molar-refractivity contribution in [2.75, 3.05) is 18.4 Å². The zero-order chi connectivity index (χ0) is 15.1. The molecule has 0 fully saturated rings. The third kappa shape index (κ3) is 5.58. The Morgan fingerprint density at radius 3 is 2.62 bits per heavy atom. The van der Waals surface area contributed by atoms with E-state index in [0.29, 0.717) is 11.6 Å². The minimum Gasteiger partial charge on any atom is -0.325 e. The lowest BCUT2D eigenvalue weighted by molar-refractivity contribution is -0.115. The Kier molecular flexibility index (Phi) is 5.78. The van der Waals surface area contributed by atoms with Crippen LogP contribution in [0.3, 0.4) is 0 Å². The standard InChI is InChI=1S/C17H19ClN2O/c1-13-3-2-4-14(11-13)9-10-19-12-17(21)20-16-7-5-15(18)6-8-16/h2-8,11,19H,9-10,12H2,1H3,(H,20,21). The molecule has 1 amide bonds. The molecule has 2 aromatic rings. The van der Waals surface area contributed by atoms with Crippen molar-refractivity contribution in [3.63, 3.8) is 0 Å². The minimum atomic E-state index is -0.0541. The quantitative estimate of drug-likeness (QED) is 0.803. The third-order valence-corrected chi connectivity index (χ3v) is 3.34. The van der Waals surface area contributed by atoms with Gasteiger partial charge in [0.25, 0.3) is 0 Å². The summed E-state index contributed by atoms with van der Waals surface area (Å²) in [4.78, 5) is 11.8. The highest BCUT2D eigenvalue weighted by atomic mass is 35.5. The SMILES string of the molecule is Cc1cccc(CCNCC(=O)Nc2ccc(Cl)cc2)c1. The molecule has 3 nitrogen and oxygen atoms in total. The number of aryl methyl sites for hydroxylation is 1. The van der Waals surface area contributed by atoms with Crippen LogP contribution in [0.2, 0.25) is 5.02 Å². The fourth-order valence-corrected chi connectivity index (χ4v) is 2.17. The molecular weight excluding hydrogens is 284 g/mol. The van der Waals surface area contributed by atoms with Gasteiger partial charge in [0.05, 0.1) is 6.54 Å². The summed E-state index contributed by atoms with van der Waals surface area (Å²) < 4.78 is 0. The Hall–Kier alpha value is -1.84. The Labute approximate surface area is 130 Å². The number of carbonyl (C=O) groups excluding carboxylic acids is 1. The number of nitrogens with one attached hydrogen (secondary N) is 2. The zero-order valence-electron chi connectivity index (χ0n) is 12.0. The van der Waals surface area contributed by atoms with Gasteiger partial charge in [0.15, 0.2) is 0 Å². The summed E-state index contributed by atoms with van der Waals surface area (Å²) in [5, 5.41) is 6.62. The van der Waals surface area contributed by atoms with E-state index in [0.717, 1.165) is 18.7 Å². The maximum Gasteiger partial charge on any atom is 0.238 e. The molecule has 0 aliphatic rings. The molecule has 0 aliphatic heterocycles. The molecule has 0 bridgehead atoms. The summed E-state index contributed by atoms with van der Waals surface area (Å²) in [5.41, 5.74) is 3.29. The zero-order valence-corrected chi connectivity index (χ0v) is 12.8. The van der Waals surface area contributed by atoms with Crippen molar-refractivity contribution in [2.24, 2.45) is 0 Å². The fourth-order valence-electron chi connectivity index (χ4n) is 2.04. The highest BCUT2D eigenvalue weighted by molar-refractivity contribution is 6.30. The lowest BCUT2D eigenvalue weighted by Crippen LogP contribution is -2.29. The molecule has 0 aromatic heterocycles. The molecule has 0 aliphatic carbocycles. The highest BCUT2D eigenvalue weighted by Crippen LogP contribution is 2.13. The maximum absolute atomic E-state index is 11.8. The van der Waals surface area contributed by atoms with Crippen molar-refractivity contribution in [3.05, 3.63) is 64.7 Å². The fraction of sp³-hybridized carbons (Fsp3) is 0.235. The van der Waals surface area contributed by atoms with Crippen molar-refractivity contribution in [2.45, 2.75) is 13.3 Å². The molecule has 0 unspecified atom stereocenters. The molecule has 0 radical (unpaired) electrons. The van der Waals surface area contributed by atoms with Gasteiger partial charge in [-0.15, -0.1) is 0 Å². The average molecular weight is 303 g/mol. The van der Waals surface area contributed by atoms with Gasteiger partial charge in [-0.05, 0) is 49.7 Å². The van der Waals surface area contributed by atoms with Gasteiger partial charge in [-0.1, -0.05) is 41.4 Å². The predicted molar refractivity (Wildman–Crippen MR) is 87.8 cm³/mol. The second-order valence-corrected chi connectivity index (χ2v) is 5.41. The lowest BCUT2D eigenvalue weighted by Gasteiger charge is -2.07. The van der Waals surface area contributed by atoms with Crippen LogP contribution in [0.1, 0.15) is 11.1 Å². The monoisotopic (exact) mass is 302 g/mol. The molecule has 2 aromatic carbocycles. The predicted octanol–water partition coefficient (Wildman–Crippen LogP) is 3.42. The van der Waals surface area contributed by atoms with Crippen LogP contribution in [0.5, 0.6) is 0 Å². The van der Waals surface area contributed by atoms with Gasteiger partial charge in [-0.2, -0.15) is 0 Å². The van der Waals surface area contributed by atoms with E-state index >= 15 is 0 Å². The van der Waals surface area contributed by atoms with E-state index in [1.54, 1.807) is 24.3 Å². The number of anilines is 1. The number of halogens is 1. The topological polar surface area (TPSA) is 41.1 Å². The summed E-state index contributed by atoms with van der Waals surface area (Å²) in [6.07, 6.45) is 0.913. The highest BCUT2D eigenvalue weighted by Gasteiger charge is 2.02. The van der Waals surface area contributed by atoms with Crippen LogP contribution in [0.15, 0.2) is 48.5 Å². The number of hydrogen-bond donors (Lipinski definition) is 2. The molecule has 21 heavy (non-hydrogen) atoms. The lowest BCUT2D eigenvalue weighted by atomic mass is 10.1. The smallest absolute Gasteiger partial charge is 0.238 e. The Morgan fingerprint density at radius 1 is 1.14 bits per heavy atom. The number of hydrogen-bond acceptors (Lipinski definition) is 2. The van der Waals surface area contributed by atoms with Crippen molar-refractivity contribution < 1.29 is 4.79 Å². The summed E-state index contributed by atoms with van der Waals surface area (Å²) in [6.45, 7) is 3.16. The average Bonchev–Trinajstić information content (AvgIpc) is 2.46. The first-order valence-electron chi connectivity index (χ1n) is 6.95. The third-order valence-electron chi connectivity index (χ3n) is 3.09. The maximum atomic E-state index is 11.8. The van der Waals surface area contributed by atoms with Crippen molar-refractivity contribution in [3.8, 4) is 0 Å². The first-order chi connectivity index (χ1) is 10.1. The van der Waals surface area contributed by atoms with Gasteiger partial charge < -0.3 is 10.6 Å². The molecule has 4 heteroatoms. The van der Waals surface area contributed by atoms with Gasteiger partial charge in [-0.3, -0.25) is 4.79 Å². The van der Waals surface area contributed by atoms with Gasteiger partial charge in [-0.25, -0.2) is 0 Å². The number of benzene rings is 2. The molecule has 2 rings (SSSR count). The van der Waals surface area contributed by atoms with Crippen LogP contribution < -0.4 is 10.6 Å². The summed E-state index contributed by atoms with van der Waals surface area (Å²) in [5.74, 6) is -0.0541. The number of amides is 1. The normalized spacial score (nSPS) is 10.4. The van der Waals surface area contributed by atoms with E-state index in [-0.39, 0.29) is 5.91 Å². The van der Waals surface area contributed by atoms with Crippen LogP contribution >= 0.6 is 11.6 Å². The number of carbonyl (C=O) groups is 1. The van der Waals surface area contributed by atoms with Crippen LogP contribution in [0.4, 0.5) is 5.69 Å². The minimum absolute atomic E-state index is 0.0541. The molecule has 0 saturated carbocycles. The summed E-state index contributed by atoms with van der Waals surface area (Å²) in [6, 6.07) is 15.5. The van der Waals surface area contributed by atoms with E-state index in [4.69, 9.17) is 11.6 Å². The Bertz CT molecular complexity index is 596. The molecule has 0 heterocycles. The van der Waals surface area contributed by atoms with Crippen molar-refractivity contribution in [1.82, 2.24) is 5.32 Å². The Morgan fingerprint density at radius 2 is 1.90 bits per heavy atom. The van der Waals surface area contributed by atoms with E-state index < -0.39 is 0 Å². The molecule has 0 atom stereocenters. The van der Waals surface area contributed by atoms with Gasteiger partial charge >= 0.3 is 0 Å². The summed E-state index contributed by atoms with van der Waals surface area (Å²) in [7, 11) is 0. The number of rotatable bonds is 6. The van der Waals surface area contributed by atoms with Gasteiger partial charge in [0.2, 0.25) is 5.91 Å². The van der Waals surface area contributed by atoms with Crippen LogP contribution in [-0.2, 0) is 11.2 Å².